The van der Waals surface area contributed by atoms with Crippen LogP contribution in [0.5, 0.6) is 0 Å². The third-order valence-corrected chi connectivity index (χ3v) is 4.80. The van der Waals surface area contributed by atoms with E-state index in [0.717, 1.165) is 42.4 Å². The van der Waals surface area contributed by atoms with Crippen LogP contribution in [0.3, 0.4) is 0 Å². The number of fused-ring (bicyclic) bond motifs is 1. The van der Waals surface area contributed by atoms with Crippen molar-refractivity contribution in [2.75, 3.05) is 19.6 Å². The summed E-state index contributed by atoms with van der Waals surface area (Å²) in [7, 11) is 0. The van der Waals surface area contributed by atoms with Gasteiger partial charge in [-0.2, -0.15) is 0 Å². The van der Waals surface area contributed by atoms with Gasteiger partial charge in [-0.15, -0.1) is 0 Å². The summed E-state index contributed by atoms with van der Waals surface area (Å²) in [6.45, 7) is 2.02. The first-order valence-corrected chi connectivity index (χ1v) is 9.01. The number of hydrogen-bond acceptors (Lipinski definition) is 3. The summed E-state index contributed by atoms with van der Waals surface area (Å²) in [5, 5.41) is 3.88. The Morgan fingerprint density at radius 3 is 2.76 bits per heavy atom. The number of nitrogens with zero attached hydrogens (tertiary/aromatic N) is 1. The number of piperidine rings is 1. The molecule has 2 aromatic rings. The average Bonchev–Trinajstić information content (AvgIpc) is 3.05. The molecule has 1 saturated heterocycles. The maximum Gasteiger partial charge on any atom is 0.237 e. The number of nitrogens with two attached hydrogens (primary N) is 1. The van der Waals surface area contributed by atoms with Crippen LogP contribution in [0.4, 0.5) is 0 Å². The second kappa shape index (κ2) is 8.16. The highest BCUT2D eigenvalue weighted by molar-refractivity contribution is 5.86. The van der Waals surface area contributed by atoms with Gasteiger partial charge in [0, 0.05) is 43.2 Å². The minimum Gasteiger partial charge on any atom is -0.361 e. The number of aromatic nitrogens is 1. The number of amides is 2. The molecule has 0 bridgehead atoms. The number of carbonyl (C=O) groups is 2. The van der Waals surface area contributed by atoms with Gasteiger partial charge in [0.1, 0.15) is 0 Å². The van der Waals surface area contributed by atoms with Gasteiger partial charge >= 0.3 is 0 Å². The number of aromatic amines is 1. The molecule has 1 fully saturated rings. The van der Waals surface area contributed by atoms with E-state index >= 15 is 0 Å². The van der Waals surface area contributed by atoms with Gasteiger partial charge in [-0.3, -0.25) is 9.59 Å². The third kappa shape index (κ3) is 4.39. The van der Waals surface area contributed by atoms with Crippen LogP contribution in [0.25, 0.3) is 10.9 Å². The van der Waals surface area contributed by atoms with Crippen molar-refractivity contribution in [3.05, 3.63) is 36.0 Å². The van der Waals surface area contributed by atoms with E-state index in [9.17, 15) is 9.59 Å². The fraction of sp³-hybridized carbons (Fsp3) is 0.474. The predicted octanol–water partition coefficient (Wildman–Crippen LogP) is 1.56. The highest BCUT2D eigenvalue weighted by Crippen LogP contribution is 2.18. The van der Waals surface area contributed by atoms with E-state index in [1.807, 2.05) is 35.4 Å². The lowest BCUT2D eigenvalue weighted by molar-refractivity contribution is -0.132. The Bertz CT molecular complexity index is 734. The summed E-state index contributed by atoms with van der Waals surface area (Å²) in [5.41, 5.74) is 8.11. The number of nitrogens with one attached hydrogen (secondary N) is 2. The molecule has 1 aromatic heterocycles. The fourth-order valence-electron chi connectivity index (χ4n) is 3.36. The molecule has 3 rings (SSSR count). The number of benzene rings is 1. The van der Waals surface area contributed by atoms with Crippen LogP contribution in [0.15, 0.2) is 30.5 Å². The molecule has 25 heavy (non-hydrogen) atoms. The summed E-state index contributed by atoms with van der Waals surface area (Å²) in [6, 6.07) is 7.33. The Labute approximate surface area is 147 Å². The summed E-state index contributed by atoms with van der Waals surface area (Å²) in [6.07, 6.45) is 6.06. The maximum absolute atomic E-state index is 12.2. The Hall–Kier alpha value is -2.34. The fourth-order valence-corrected chi connectivity index (χ4v) is 3.36. The molecule has 0 radical (unpaired) electrons. The molecule has 0 aliphatic carbocycles. The van der Waals surface area contributed by atoms with Crippen molar-refractivity contribution in [1.29, 1.82) is 0 Å². The minimum absolute atomic E-state index is 0.116. The first-order chi connectivity index (χ1) is 12.1. The first-order valence-electron chi connectivity index (χ1n) is 9.01. The zero-order valence-corrected chi connectivity index (χ0v) is 14.5. The molecule has 134 valence electrons. The number of para-hydroxylation sites is 1. The van der Waals surface area contributed by atoms with Crippen LogP contribution in [0, 0.1) is 0 Å². The number of H-pyrrole nitrogens is 1. The molecule has 6 nitrogen and oxygen atoms in total. The highest BCUT2D eigenvalue weighted by atomic mass is 16.2. The van der Waals surface area contributed by atoms with Crippen molar-refractivity contribution < 1.29 is 9.59 Å². The van der Waals surface area contributed by atoms with Crippen LogP contribution in [0.2, 0.25) is 0 Å². The largest absolute Gasteiger partial charge is 0.361 e. The van der Waals surface area contributed by atoms with Crippen LogP contribution < -0.4 is 11.1 Å². The molecule has 1 aliphatic heterocycles. The van der Waals surface area contributed by atoms with Gasteiger partial charge in [-0.25, -0.2) is 0 Å². The smallest absolute Gasteiger partial charge is 0.237 e. The lowest BCUT2D eigenvalue weighted by atomic mass is 10.1. The Morgan fingerprint density at radius 1 is 1.20 bits per heavy atom. The highest BCUT2D eigenvalue weighted by Gasteiger charge is 2.18. The third-order valence-electron chi connectivity index (χ3n) is 4.80. The minimum atomic E-state index is -0.621. The van der Waals surface area contributed by atoms with Crippen molar-refractivity contribution in [2.24, 2.45) is 5.73 Å². The molecule has 6 heteroatoms. The number of rotatable bonds is 6. The lowest BCUT2D eigenvalue weighted by Crippen LogP contribution is -2.44. The maximum atomic E-state index is 12.2. The SMILES string of the molecule is N[C@@H](Cc1c[nH]c2ccccc12)C(=O)NCCC(=O)N1CCCCC1. The molecule has 4 N–H and O–H groups in total. The van der Waals surface area contributed by atoms with Crippen molar-refractivity contribution in [3.8, 4) is 0 Å². The summed E-state index contributed by atoms with van der Waals surface area (Å²) < 4.78 is 0. The van der Waals surface area contributed by atoms with E-state index in [4.69, 9.17) is 5.73 Å². The van der Waals surface area contributed by atoms with Crippen LogP contribution in [-0.2, 0) is 16.0 Å². The van der Waals surface area contributed by atoms with E-state index in [-0.39, 0.29) is 11.8 Å². The monoisotopic (exact) mass is 342 g/mol. The number of carbonyl (C=O) groups excluding carboxylic acids is 2. The Morgan fingerprint density at radius 2 is 1.96 bits per heavy atom. The normalized spacial score (nSPS) is 16.0. The van der Waals surface area contributed by atoms with Crippen LogP contribution in [0.1, 0.15) is 31.2 Å². The zero-order valence-electron chi connectivity index (χ0n) is 14.5. The van der Waals surface area contributed by atoms with Crippen molar-refractivity contribution in [1.82, 2.24) is 15.2 Å². The average molecular weight is 342 g/mol. The quantitative estimate of drug-likeness (QED) is 0.744. The topological polar surface area (TPSA) is 91.2 Å². The molecule has 1 atom stereocenters. The van der Waals surface area contributed by atoms with E-state index in [1.54, 1.807) is 0 Å². The standard InChI is InChI=1S/C19H26N4O2/c20-16(12-14-13-22-17-7-3-2-6-15(14)17)19(25)21-9-8-18(24)23-10-4-1-5-11-23/h2-3,6-7,13,16,22H,1,4-5,8-12,20H2,(H,21,25)/t16-/m0/s1. The molecule has 2 amide bonds. The van der Waals surface area contributed by atoms with Gasteiger partial charge in [0.2, 0.25) is 11.8 Å². The van der Waals surface area contributed by atoms with E-state index in [2.05, 4.69) is 10.3 Å². The Balaban J connectivity index is 1.45. The molecule has 0 spiro atoms. The van der Waals surface area contributed by atoms with Gasteiger partial charge in [0.15, 0.2) is 0 Å². The van der Waals surface area contributed by atoms with E-state index in [0.29, 0.717) is 19.4 Å². The molecule has 1 aromatic carbocycles. The molecule has 0 unspecified atom stereocenters. The second-order valence-corrected chi connectivity index (χ2v) is 6.65. The second-order valence-electron chi connectivity index (χ2n) is 6.65. The van der Waals surface area contributed by atoms with Crippen LogP contribution >= 0.6 is 0 Å². The number of hydrogen-bond donors (Lipinski definition) is 3. The Kier molecular flexibility index (Phi) is 5.71. The summed E-state index contributed by atoms with van der Waals surface area (Å²) in [5.74, 6) is -0.0954. The van der Waals surface area contributed by atoms with Gasteiger partial charge in [-0.05, 0) is 37.3 Å². The van der Waals surface area contributed by atoms with Crippen molar-refractivity contribution in [2.45, 2.75) is 38.1 Å². The lowest BCUT2D eigenvalue weighted by Gasteiger charge is -2.26. The van der Waals surface area contributed by atoms with Crippen molar-refractivity contribution in [3.63, 3.8) is 0 Å². The van der Waals surface area contributed by atoms with Gasteiger partial charge < -0.3 is 20.9 Å². The van der Waals surface area contributed by atoms with Gasteiger partial charge in [0.25, 0.3) is 0 Å². The van der Waals surface area contributed by atoms with Gasteiger partial charge in [0.05, 0.1) is 6.04 Å². The number of likely N-dealkylation sites (tertiary alicyclic amines) is 1. The first kappa shape index (κ1) is 17.5. The molecule has 0 saturated carbocycles. The van der Waals surface area contributed by atoms with E-state index < -0.39 is 6.04 Å². The summed E-state index contributed by atoms with van der Waals surface area (Å²) >= 11 is 0. The van der Waals surface area contributed by atoms with Gasteiger partial charge in [-0.1, -0.05) is 18.2 Å². The van der Waals surface area contributed by atoms with E-state index in [1.165, 1.54) is 6.42 Å². The van der Waals surface area contributed by atoms with Crippen LogP contribution in [-0.4, -0.2) is 47.4 Å². The molecular formula is C19H26N4O2. The molecular weight excluding hydrogens is 316 g/mol. The molecule has 1 aliphatic rings. The summed E-state index contributed by atoms with van der Waals surface area (Å²) in [4.78, 5) is 29.4. The van der Waals surface area contributed by atoms with Crippen molar-refractivity contribution >= 4 is 22.7 Å². The molecule has 2 heterocycles. The zero-order chi connectivity index (χ0) is 17.6. The predicted molar refractivity (Wildman–Crippen MR) is 98.0 cm³/mol.